The first-order chi connectivity index (χ1) is 10.6. The van der Waals surface area contributed by atoms with Crippen molar-refractivity contribution in [1.82, 2.24) is 20.4 Å². The molecule has 2 rings (SSSR count). The number of hydrogen-bond donors (Lipinski definition) is 2. The molecule has 1 aliphatic carbocycles. The van der Waals surface area contributed by atoms with E-state index >= 15 is 0 Å². The summed E-state index contributed by atoms with van der Waals surface area (Å²) in [6.07, 6.45) is 7.20. The number of amides is 2. The summed E-state index contributed by atoms with van der Waals surface area (Å²) in [5.74, 6) is 0.946. The molecule has 2 amide bonds. The molecule has 0 aromatic heterocycles. The molecule has 5 heteroatoms. The van der Waals surface area contributed by atoms with Crippen LogP contribution in [0, 0.1) is 5.92 Å². The number of carbonyl (C=O) groups excluding carboxylic acids is 1. The van der Waals surface area contributed by atoms with Gasteiger partial charge in [-0.05, 0) is 32.6 Å². The summed E-state index contributed by atoms with van der Waals surface area (Å²) < 4.78 is 0. The quantitative estimate of drug-likeness (QED) is 0.788. The van der Waals surface area contributed by atoms with E-state index in [1.165, 1.54) is 51.7 Å². The van der Waals surface area contributed by atoms with Gasteiger partial charge in [-0.15, -0.1) is 0 Å². The Labute approximate surface area is 135 Å². The molecule has 22 heavy (non-hydrogen) atoms. The first kappa shape index (κ1) is 17.5. The van der Waals surface area contributed by atoms with E-state index in [1.54, 1.807) is 0 Å². The van der Waals surface area contributed by atoms with E-state index in [1.807, 2.05) is 13.8 Å². The predicted octanol–water partition coefficient (Wildman–Crippen LogP) is 1.89. The van der Waals surface area contributed by atoms with E-state index in [0.717, 1.165) is 32.1 Å². The molecule has 0 bridgehead atoms. The predicted molar refractivity (Wildman–Crippen MR) is 91.1 cm³/mol. The Morgan fingerprint density at radius 3 is 2.32 bits per heavy atom. The normalized spacial score (nSPS) is 22.0. The lowest BCUT2D eigenvalue weighted by molar-refractivity contribution is 0.110. The summed E-state index contributed by atoms with van der Waals surface area (Å²) >= 11 is 0. The molecule has 2 N–H and O–H groups in total. The minimum atomic E-state index is -0.0501. The summed E-state index contributed by atoms with van der Waals surface area (Å²) in [6, 6.07) is 0.147. The maximum Gasteiger partial charge on any atom is 0.315 e. The highest BCUT2D eigenvalue weighted by atomic mass is 16.2. The van der Waals surface area contributed by atoms with Crippen molar-refractivity contribution < 1.29 is 4.79 Å². The second-order valence-electron chi connectivity index (χ2n) is 7.20. The summed E-state index contributed by atoms with van der Waals surface area (Å²) in [4.78, 5) is 16.6. The molecular formula is C17H34N4O. The Morgan fingerprint density at radius 1 is 1.05 bits per heavy atom. The second-order valence-corrected chi connectivity index (χ2v) is 7.20. The molecule has 1 aliphatic heterocycles. The van der Waals surface area contributed by atoms with Gasteiger partial charge in [-0.3, -0.25) is 4.90 Å². The third kappa shape index (κ3) is 6.53. The van der Waals surface area contributed by atoms with Crippen molar-refractivity contribution in [3.05, 3.63) is 0 Å². The standard InChI is InChI=1S/C17H34N4O/c1-15(2)19-17(22)18-8-9-20-10-12-21(13-11-20)14-16-6-4-3-5-7-16/h15-16H,3-14H2,1-2H3,(H2,18,19,22). The Morgan fingerprint density at radius 2 is 1.68 bits per heavy atom. The van der Waals surface area contributed by atoms with Gasteiger partial charge in [-0.1, -0.05) is 19.3 Å². The lowest BCUT2D eigenvalue weighted by Gasteiger charge is -2.37. The Hall–Kier alpha value is -0.810. The van der Waals surface area contributed by atoms with Gasteiger partial charge < -0.3 is 15.5 Å². The summed E-state index contributed by atoms with van der Waals surface area (Å²) in [5, 5.41) is 5.79. The lowest BCUT2D eigenvalue weighted by Crippen LogP contribution is -2.50. The molecule has 2 aliphatic rings. The summed E-state index contributed by atoms with van der Waals surface area (Å²) in [6.45, 7) is 11.6. The smallest absolute Gasteiger partial charge is 0.315 e. The zero-order chi connectivity index (χ0) is 15.8. The number of urea groups is 1. The zero-order valence-electron chi connectivity index (χ0n) is 14.4. The van der Waals surface area contributed by atoms with Crippen LogP contribution in [0.4, 0.5) is 4.79 Å². The number of carbonyl (C=O) groups is 1. The van der Waals surface area contributed by atoms with Gasteiger partial charge in [0, 0.05) is 51.9 Å². The average molecular weight is 310 g/mol. The second kappa shape index (κ2) is 9.36. The van der Waals surface area contributed by atoms with Crippen molar-refractivity contribution >= 4 is 6.03 Å². The molecule has 5 nitrogen and oxygen atoms in total. The highest BCUT2D eigenvalue weighted by molar-refractivity contribution is 5.74. The van der Waals surface area contributed by atoms with Gasteiger partial charge in [0.05, 0.1) is 0 Å². The number of nitrogens with zero attached hydrogens (tertiary/aromatic N) is 2. The van der Waals surface area contributed by atoms with E-state index in [2.05, 4.69) is 20.4 Å². The molecule has 0 aromatic rings. The fourth-order valence-corrected chi connectivity index (χ4v) is 3.57. The number of rotatable bonds is 6. The van der Waals surface area contributed by atoms with Gasteiger partial charge in [-0.2, -0.15) is 0 Å². The van der Waals surface area contributed by atoms with Gasteiger partial charge in [-0.25, -0.2) is 4.79 Å². The van der Waals surface area contributed by atoms with Crippen LogP contribution in [0.2, 0.25) is 0 Å². The molecule has 0 spiro atoms. The van der Waals surface area contributed by atoms with Gasteiger partial charge in [0.2, 0.25) is 0 Å². The van der Waals surface area contributed by atoms with E-state index in [-0.39, 0.29) is 12.1 Å². The molecule has 128 valence electrons. The van der Waals surface area contributed by atoms with Crippen LogP contribution in [-0.2, 0) is 0 Å². The van der Waals surface area contributed by atoms with Crippen molar-refractivity contribution in [3.8, 4) is 0 Å². The topological polar surface area (TPSA) is 47.6 Å². The molecule has 1 saturated carbocycles. The fourth-order valence-electron chi connectivity index (χ4n) is 3.57. The van der Waals surface area contributed by atoms with Crippen LogP contribution in [0.15, 0.2) is 0 Å². The van der Waals surface area contributed by atoms with Crippen molar-refractivity contribution in [2.45, 2.75) is 52.0 Å². The number of piperazine rings is 1. The Kier molecular flexibility index (Phi) is 7.46. The first-order valence-electron chi connectivity index (χ1n) is 9.12. The third-order valence-corrected chi connectivity index (χ3v) is 4.84. The van der Waals surface area contributed by atoms with Crippen LogP contribution in [0.25, 0.3) is 0 Å². The van der Waals surface area contributed by atoms with Crippen LogP contribution in [0.5, 0.6) is 0 Å². The van der Waals surface area contributed by atoms with Crippen LogP contribution >= 0.6 is 0 Å². The summed E-state index contributed by atoms with van der Waals surface area (Å²) in [7, 11) is 0. The highest BCUT2D eigenvalue weighted by Gasteiger charge is 2.21. The third-order valence-electron chi connectivity index (χ3n) is 4.84. The van der Waals surface area contributed by atoms with Crippen molar-refractivity contribution in [2.75, 3.05) is 45.8 Å². The molecular weight excluding hydrogens is 276 g/mol. The maximum absolute atomic E-state index is 11.5. The van der Waals surface area contributed by atoms with E-state index in [0.29, 0.717) is 0 Å². The fraction of sp³-hybridized carbons (Fsp3) is 0.941. The minimum Gasteiger partial charge on any atom is -0.337 e. The first-order valence-corrected chi connectivity index (χ1v) is 9.12. The van der Waals surface area contributed by atoms with Crippen LogP contribution in [-0.4, -0.2) is 67.7 Å². The molecule has 0 aromatic carbocycles. The number of hydrogen-bond acceptors (Lipinski definition) is 3. The molecule has 1 heterocycles. The van der Waals surface area contributed by atoms with Crippen molar-refractivity contribution in [1.29, 1.82) is 0 Å². The van der Waals surface area contributed by atoms with Gasteiger partial charge in [0.1, 0.15) is 0 Å². The monoisotopic (exact) mass is 310 g/mol. The van der Waals surface area contributed by atoms with Gasteiger partial charge in [0.25, 0.3) is 0 Å². The van der Waals surface area contributed by atoms with Gasteiger partial charge >= 0.3 is 6.03 Å². The Balaban J connectivity index is 1.54. The van der Waals surface area contributed by atoms with Crippen LogP contribution < -0.4 is 10.6 Å². The largest absolute Gasteiger partial charge is 0.337 e. The van der Waals surface area contributed by atoms with Gasteiger partial charge in [0.15, 0.2) is 0 Å². The van der Waals surface area contributed by atoms with E-state index < -0.39 is 0 Å². The SMILES string of the molecule is CC(C)NC(=O)NCCN1CCN(CC2CCCCC2)CC1. The lowest BCUT2D eigenvalue weighted by atomic mass is 9.89. The molecule has 0 atom stereocenters. The Bertz CT molecular complexity index is 321. The average Bonchev–Trinajstić information content (AvgIpc) is 2.49. The van der Waals surface area contributed by atoms with Crippen molar-refractivity contribution in [2.24, 2.45) is 5.92 Å². The maximum atomic E-state index is 11.5. The van der Waals surface area contributed by atoms with Crippen LogP contribution in [0.1, 0.15) is 46.0 Å². The van der Waals surface area contributed by atoms with E-state index in [9.17, 15) is 4.79 Å². The molecule has 0 unspecified atom stereocenters. The minimum absolute atomic E-state index is 0.0501. The zero-order valence-corrected chi connectivity index (χ0v) is 14.4. The molecule has 0 radical (unpaired) electrons. The number of nitrogens with one attached hydrogen (secondary N) is 2. The van der Waals surface area contributed by atoms with Crippen molar-refractivity contribution in [3.63, 3.8) is 0 Å². The van der Waals surface area contributed by atoms with E-state index in [4.69, 9.17) is 0 Å². The molecule has 1 saturated heterocycles. The van der Waals surface area contributed by atoms with Crippen LogP contribution in [0.3, 0.4) is 0 Å². The highest BCUT2D eigenvalue weighted by Crippen LogP contribution is 2.24. The summed E-state index contributed by atoms with van der Waals surface area (Å²) in [5.41, 5.74) is 0. The molecule has 2 fully saturated rings.